The van der Waals surface area contributed by atoms with Crippen molar-refractivity contribution in [2.45, 2.75) is 19.9 Å². The molecule has 0 bridgehead atoms. The zero-order valence-electron chi connectivity index (χ0n) is 9.40. The van der Waals surface area contributed by atoms with Crippen LogP contribution in [0.2, 0.25) is 0 Å². The topological polar surface area (TPSA) is 64.1 Å². The van der Waals surface area contributed by atoms with Crippen molar-refractivity contribution in [3.05, 3.63) is 42.0 Å². The highest BCUT2D eigenvalue weighted by Gasteiger charge is 2.09. The number of anilines is 2. The molecule has 16 heavy (non-hydrogen) atoms. The maximum Gasteiger partial charge on any atom is 0.128 e. The van der Waals surface area contributed by atoms with Crippen molar-refractivity contribution in [3.8, 4) is 0 Å². The fraction of sp³-hybridized carbons (Fsp3) is 0.250. The molecule has 0 spiro atoms. The molecule has 0 fully saturated rings. The SMILES string of the molecule is Cc1ccc(C(C)Nc2cc(N)ccn2)o1. The summed E-state index contributed by atoms with van der Waals surface area (Å²) >= 11 is 0. The second-order valence-corrected chi connectivity index (χ2v) is 3.79. The number of hydrogen-bond acceptors (Lipinski definition) is 4. The van der Waals surface area contributed by atoms with E-state index in [0.29, 0.717) is 5.69 Å². The molecule has 0 saturated heterocycles. The largest absolute Gasteiger partial charge is 0.464 e. The first-order chi connectivity index (χ1) is 7.65. The lowest BCUT2D eigenvalue weighted by Gasteiger charge is -2.12. The van der Waals surface area contributed by atoms with Crippen LogP contribution in [0, 0.1) is 6.92 Å². The predicted molar refractivity (Wildman–Crippen MR) is 64.1 cm³/mol. The van der Waals surface area contributed by atoms with E-state index in [0.717, 1.165) is 17.3 Å². The molecule has 2 aromatic heterocycles. The number of pyridine rings is 1. The van der Waals surface area contributed by atoms with Gasteiger partial charge in [0.25, 0.3) is 0 Å². The van der Waals surface area contributed by atoms with E-state index < -0.39 is 0 Å². The van der Waals surface area contributed by atoms with E-state index in [9.17, 15) is 0 Å². The molecule has 0 aliphatic rings. The highest BCUT2D eigenvalue weighted by Crippen LogP contribution is 2.20. The lowest BCUT2D eigenvalue weighted by molar-refractivity contribution is 0.466. The van der Waals surface area contributed by atoms with Crippen LogP contribution in [0.5, 0.6) is 0 Å². The minimum atomic E-state index is 0.0722. The van der Waals surface area contributed by atoms with E-state index in [1.807, 2.05) is 26.0 Å². The summed E-state index contributed by atoms with van der Waals surface area (Å²) in [5.41, 5.74) is 6.37. The number of aryl methyl sites for hydroxylation is 1. The monoisotopic (exact) mass is 217 g/mol. The maximum absolute atomic E-state index is 5.67. The van der Waals surface area contributed by atoms with E-state index in [1.54, 1.807) is 18.3 Å². The Bertz CT molecular complexity index is 479. The minimum Gasteiger partial charge on any atom is -0.464 e. The zero-order chi connectivity index (χ0) is 11.5. The van der Waals surface area contributed by atoms with Gasteiger partial charge in [-0.05, 0) is 32.0 Å². The average molecular weight is 217 g/mol. The van der Waals surface area contributed by atoms with Crippen LogP contribution < -0.4 is 11.1 Å². The normalized spacial score (nSPS) is 12.4. The van der Waals surface area contributed by atoms with Gasteiger partial charge in [-0.2, -0.15) is 0 Å². The summed E-state index contributed by atoms with van der Waals surface area (Å²) in [5.74, 6) is 2.55. The quantitative estimate of drug-likeness (QED) is 0.829. The summed E-state index contributed by atoms with van der Waals surface area (Å²) in [6, 6.07) is 7.53. The van der Waals surface area contributed by atoms with Gasteiger partial charge in [-0.15, -0.1) is 0 Å². The van der Waals surface area contributed by atoms with Gasteiger partial charge in [-0.1, -0.05) is 0 Å². The van der Waals surface area contributed by atoms with Crippen LogP contribution >= 0.6 is 0 Å². The molecule has 0 amide bonds. The van der Waals surface area contributed by atoms with Crippen LogP contribution in [-0.4, -0.2) is 4.98 Å². The lowest BCUT2D eigenvalue weighted by atomic mass is 10.2. The molecule has 4 nitrogen and oxygen atoms in total. The summed E-state index contributed by atoms with van der Waals surface area (Å²) in [6.45, 7) is 3.94. The highest BCUT2D eigenvalue weighted by atomic mass is 16.3. The van der Waals surface area contributed by atoms with E-state index in [-0.39, 0.29) is 6.04 Å². The first kappa shape index (κ1) is 10.5. The van der Waals surface area contributed by atoms with Gasteiger partial charge in [0, 0.05) is 18.0 Å². The molecule has 2 aromatic rings. The molecule has 0 aliphatic heterocycles. The third-order valence-corrected chi connectivity index (χ3v) is 2.34. The van der Waals surface area contributed by atoms with Crippen LogP contribution in [0.4, 0.5) is 11.5 Å². The Balaban J connectivity index is 2.10. The molecule has 0 aromatic carbocycles. The fourth-order valence-electron chi connectivity index (χ4n) is 1.50. The van der Waals surface area contributed by atoms with Crippen molar-refractivity contribution < 1.29 is 4.42 Å². The Labute approximate surface area is 94.5 Å². The predicted octanol–water partition coefficient (Wildman–Crippen LogP) is 2.74. The lowest BCUT2D eigenvalue weighted by Crippen LogP contribution is -2.07. The van der Waals surface area contributed by atoms with Crippen molar-refractivity contribution in [1.82, 2.24) is 4.98 Å². The highest BCUT2D eigenvalue weighted by molar-refractivity contribution is 5.49. The fourth-order valence-corrected chi connectivity index (χ4v) is 1.50. The number of nitrogen functional groups attached to an aromatic ring is 1. The molecule has 1 atom stereocenters. The molecular formula is C12H15N3O. The molecule has 0 radical (unpaired) electrons. The third-order valence-electron chi connectivity index (χ3n) is 2.34. The van der Waals surface area contributed by atoms with Gasteiger partial charge in [0.2, 0.25) is 0 Å². The van der Waals surface area contributed by atoms with E-state index in [4.69, 9.17) is 10.2 Å². The van der Waals surface area contributed by atoms with Crippen LogP contribution in [0.15, 0.2) is 34.9 Å². The summed E-state index contributed by atoms with van der Waals surface area (Å²) in [6.07, 6.45) is 1.68. The Hall–Kier alpha value is -1.97. The van der Waals surface area contributed by atoms with Crippen LogP contribution in [0.3, 0.4) is 0 Å². The molecule has 0 saturated carbocycles. The van der Waals surface area contributed by atoms with Gasteiger partial charge in [0.15, 0.2) is 0 Å². The first-order valence-electron chi connectivity index (χ1n) is 5.19. The Morgan fingerprint density at radius 1 is 1.38 bits per heavy atom. The zero-order valence-corrected chi connectivity index (χ0v) is 9.40. The second kappa shape index (κ2) is 4.26. The number of nitrogens with zero attached hydrogens (tertiary/aromatic N) is 1. The smallest absolute Gasteiger partial charge is 0.128 e. The van der Waals surface area contributed by atoms with Crippen molar-refractivity contribution in [2.24, 2.45) is 0 Å². The van der Waals surface area contributed by atoms with E-state index >= 15 is 0 Å². The van der Waals surface area contributed by atoms with E-state index in [1.165, 1.54) is 0 Å². The molecule has 4 heteroatoms. The molecule has 2 rings (SSSR count). The van der Waals surface area contributed by atoms with Crippen LogP contribution in [0.1, 0.15) is 24.5 Å². The molecule has 84 valence electrons. The van der Waals surface area contributed by atoms with Crippen molar-refractivity contribution in [2.75, 3.05) is 11.1 Å². The van der Waals surface area contributed by atoms with Gasteiger partial charge in [-0.3, -0.25) is 0 Å². The van der Waals surface area contributed by atoms with Crippen molar-refractivity contribution >= 4 is 11.5 Å². The van der Waals surface area contributed by atoms with Crippen LogP contribution in [0.25, 0.3) is 0 Å². The summed E-state index contributed by atoms with van der Waals surface area (Å²) < 4.78 is 5.53. The molecule has 1 unspecified atom stereocenters. The van der Waals surface area contributed by atoms with Crippen LogP contribution in [-0.2, 0) is 0 Å². The Morgan fingerprint density at radius 3 is 2.81 bits per heavy atom. The summed E-state index contributed by atoms with van der Waals surface area (Å²) in [5, 5.41) is 3.23. The Kier molecular flexibility index (Phi) is 2.81. The minimum absolute atomic E-state index is 0.0722. The standard InChI is InChI=1S/C12H15N3O/c1-8-3-4-11(16-8)9(2)15-12-7-10(13)5-6-14-12/h3-7,9H,1-2H3,(H3,13,14,15). The Morgan fingerprint density at radius 2 is 2.19 bits per heavy atom. The molecule has 2 heterocycles. The number of furan rings is 1. The maximum atomic E-state index is 5.67. The molecule has 0 aliphatic carbocycles. The number of rotatable bonds is 3. The van der Waals surface area contributed by atoms with Gasteiger partial charge in [-0.25, -0.2) is 4.98 Å². The first-order valence-corrected chi connectivity index (χ1v) is 5.19. The van der Waals surface area contributed by atoms with Gasteiger partial charge in [0.05, 0.1) is 6.04 Å². The number of aromatic nitrogens is 1. The summed E-state index contributed by atoms with van der Waals surface area (Å²) in [7, 11) is 0. The second-order valence-electron chi connectivity index (χ2n) is 3.79. The number of hydrogen-bond donors (Lipinski definition) is 2. The molecular weight excluding hydrogens is 202 g/mol. The van der Waals surface area contributed by atoms with Gasteiger partial charge >= 0.3 is 0 Å². The van der Waals surface area contributed by atoms with Gasteiger partial charge in [0.1, 0.15) is 17.3 Å². The number of nitrogens with one attached hydrogen (secondary N) is 1. The van der Waals surface area contributed by atoms with Crippen molar-refractivity contribution in [1.29, 1.82) is 0 Å². The summed E-state index contributed by atoms with van der Waals surface area (Å²) in [4.78, 5) is 4.18. The third kappa shape index (κ3) is 2.34. The van der Waals surface area contributed by atoms with E-state index in [2.05, 4.69) is 10.3 Å². The average Bonchev–Trinajstić information content (AvgIpc) is 2.65. The number of nitrogens with two attached hydrogens (primary N) is 1. The molecule has 3 N–H and O–H groups in total. The van der Waals surface area contributed by atoms with Gasteiger partial charge < -0.3 is 15.5 Å². The van der Waals surface area contributed by atoms with Crippen molar-refractivity contribution in [3.63, 3.8) is 0 Å².